The van der Waals surface area contributed by atoms with Crippen LogP contribution in [0.25, 0.3) is 0 Å². The zero-order valence-electron chi connectivity index (χ0n) is 8.58. The van der Waals surface area contributed by atoms with Crippen LogP contribution in [0.4, 0.5) is 0 Å². The maximum atomic E-state index is 9.25. The minimum absolute atomic E-state index is 0.198. The molecule has 0 amide bonds. The molecule has 3 N–H and O–H groups in total. The van der Waals surface area contributed by atoms with E-state index < -0.39 is 0 Å². The molecule has 0 saturated carbocycles. The van der Waals surface area contributed by atoms with Crippen LogP contribution in [0.2, 0.25) is 0 Å². The molecule has 3 heteroatoms. The number of piperidine rings is 1. The van der Waals surface area contributed by atoms with E-state index in [4.69, 9.17) is 5.73 Å². The molecule has 0 radical (unpaired) electrons. The van der Waals surface area contributed by atoms with Crippen molar-refractivity contribution in [2.75, 3.05) is 26.2 Å². The van der Waals surface area contributed by atoms with E-state index in [1.54, 1.807) is 0 Å². The number of likely N-dealkylation sites (tertiary alicyclic amines) is 1. The first-order valence-corrected chi connectivity index (χ1v) is 5.33. The third kappa shape index (κ3) is 4.07. The Labute approximate surface area is 80.9 Å². The highest BCUT2D eigenvalue weighted by atomic mass is 16.3. The predicted octanol–water partition coefficient (Wildman–Crippen LogP) is 0.428. The van der Waals surface area contributed by atoms with Crippen LogP contribution in [0, 0.1) is 5.92 Å². The summed E-state index contributed by atoms with van der Waals surface area (Å²) in [6.07, 6.45) is 3.51. The topological polar surface area (TPSA) is 49.5 Å². The van der Waals surface area contributed by atoms with Gasteiger partial charge in [0.1, 0.15) is 0 Å². The van der Waals surface area contributed by atoms with Crippen molar-refractivity contribution in [3.8, 4) is 0 Å². The molecule has 3 nitrogen and oxygen atoms in total. The van der Waals surface area contributed by atoms with Gasteiger partial charge in [0.25, 0.3) is 0 Å². The normalized spacial score (nSPS) is 27.5. The summed E-state index contributed by atoms with van der Waals surface area (Å²) in [5.41, 5.74) is 5.54. The molecule has 1 aliphatic rings. The van der Waals surface area contributed by atoms with Gasteiger partial charge in [-0.25, -0.2) is 0 Å². The smallest absolute Gasteiger partial charge is 0.0639 e. The monoisotopic (exact) mass is 186 g/mol. The summed E-state index contributed by atoms with van der Waals surface area (Å²) in [5, 5.41) is 9.25. The van der Waals surface area contributed by atoms with Gasteiger partial charge in [0.15, 0.2) is 0 Å². The summed E-state index contributed by atoms with van der Waals surface area (Å²) in [6.45, 7) is 5.74. The van der Waals surface area contributed by atoms with E-state index in [9.17, 15) is 5.11 Å². The molecule has 1 aliphatic heterocycles. The lowest BCUT2D eigenvalue weighted by atomic mass is 9.95. The van der Waals surface area contributed by atoms with Crippen molar-refractivity contribution >= 4 is 0 Å². The van der Waals surface area contributed by atoms with Crippen LogP contribution < -0.4 is 5.73 Å². The molecule has 2 atom stereocenters. The fourth-order valence-electron chi connectivity index (χ4n) is 2.16. The second-order valence-electron chi connectivity index (χ2n) is 4.19. The number of rotatable bonds is 4. The van der Waals surface area contributed by atoms with Crippen LogP contribution in [-0.4, -0.2) is 42.3 Å². The second kappa shape index (κ2) is 5.58. The van der Waals surface area contributed by atoms with Gasteiger partial charge in [-0.2, -0.15) is 0 Å². The molecule has 0 aromatic heterocycles. The summed E-state index contributed by atoms with van der Waals surface area (Å²) in [6, 6.07) is 0. The average molecular weight is 186 g/mol. The molecule has 1 rings (SSSR count). The number of hydrogen-bond donors (Lipinski definition) is 2. The first kappa shape index (κ1) is 11.0. The molecule has 78 valence electrons. The molecule has 0 aromatic carbocycles. The van der Waals surface area contributed by atoms with Crippen LogP contribution in [0.3, 0.4) is 0 Å². The van der Waals surface area contributed by atoms with E-state index in [0.717, 1.165) is 38.5 Å². The minimum atomic E-state index is -0.198. The Morgan fingerprint density at radius 1 is 1.62 bits per heavy atom. The second-order valence-corrected chi connectivity index (χ2v) is 4.19. The van der Waals surface area contributed by atoms with Crippen molar-refractivity contribution in [2.45, 2.75) is 32.3 Å². The summed E-state index contributed by atoms with van der Waals surface area (Å²) >= 11 is 0. The molecule has 0 aliphatic carbocycles. The van der Waals surface area contributed by atoms with E-state index in [-0.39, 0.29) is 6.10 Å². The van der Waals surface area contributed by atoms with Gasteiger partial charge in [0.05, 0.1) is 6.10 Å². The molecule has 1 saturated heterocycles. The van der Waals surface area contributed by atoms with Crippen LogP contribution in [0.15, 0.2) is 0 Å². The van der Waals surface area contributed by atoms with E-state index >= 15 is 0 Å². The van der Waals surface area contributed by atoms with Crippen LogP contribution in [0.5, 0.6) is 0 Å². The number of nitrogens with two attached hydrogens (primary N) is 1. The van der Waals surface area contributed by atoms with E-state index in [1.165, 1.54) is 12.8 Å². The maximum absolute atomic E-state index is 9.25. The molecule has 1 unspecified atom stereocenters. The quantitative estimate of drug-likeness (QED) is 0.669. The Balaban J connectivity index is 2.24. The van der Waals surface area contributed by atoms with Crippen LogP contribution in [0.1, 0.15) is 26.2 Å². The largest absolute Gasteiger partial charge is 0.392 e. The van der Waals surface area contributed by atoms with E-state index in [0.29, 0.717) is 0 Å². The van der Waals surface area contributed by atoms with Crippen molar-refractivity contribution in [1.82, 2.24) is 4.90 Å². The summed E-state index contributed by atoms with van der Waals surface area (Å²) < 4.78 is 0. The SMILES string of the molecule is C[C@@H](O)CN1CCCC(CCN)C1. The van der Waals surface area contributed by atoms with Crippen molar-refractivity contribution in [3.05, 3.63) is 0 Å². The average Bonchev–Trinajstić information content (AvgIpc) is 2.04. The lowest BCUT2D eigenvalue weighted by molar-refractivity contribution is 0.0933. The molecule has 0 aromatic rings. The van der Waals surface area contributed by atoms with Crippen molar-refractivity contribution in [2.24, 2.45) is 11.7 Å². The Bertz CT molecular complexity index is 137. The van der Waals surface area contributed by atoms with Crippen LogP contribution >= 0.6 is 0 Å². The third-order valence-electron chi connectivity index (χ3n) is 2.70. The highest BCUT2D eigenvalue weighted by Gasteiger charge is 2.19. The molecular formula is C10H22N2O. The number of nitrogens with zero attached hydrogens (tertiary/aromatic N) is 1. The molecule has 1 heterocycles. The van der Waals surface area contributed by atoms with Crippen LogP contribution in [-0.2, 0) is 0 Å². The fraction of sp³-hybridized carbons (Fsp3) is 1.00. The molecule has 1 fully saturated rings. The predicted molar refractivity (Wildman–Crippen MR) is 54.5 cm³/mol. The zero-order valence-corrected chi connectivity index (χ0v) is 8.58. The molecule has 13 heavy (non-hydrogen) atoms. The number of hydrogen-bond acceptors (Lipinski definition) is 3. The van der Waals surface area contributed by atoms with Gasteiger partial charge in [0.2, 0.25) is 0 Å². The zero-order chi connectivity index (χ0) is 9.68. The van der Waals surface area contributed by atoms with E-state index in [2.05, 4.69) is 4.90 Å². The number of aliphatic hydroxyl groups is 1. The minimum Gasteiger partial charge on any atom is -0.392 e. The highest BCUT2D eigenvalue weighted by Crippen LogP contribution is 2.18. The van der Waals surface area contributed by atoms with Gasteiger partial charge in [-0.15, -0.1) is 0 Å². The van der Waals surface area contributed by atoms with Gasteiger partial charge in [-0.05, 0) is 45.2 Å². The van der Waals surface area contributed by atoms with Crippen molar-refractivity contribution in [3.63, 3.8) is 0 Å². The Kier molecular flexibility index (Phi) is 4.70. The summed E-state index contributed by atoms with van der Waals surface area (Å²) in [4.78, 5) is 2.36. The fourth-order valence-corrected chi connectivity index (χ4v) is 2.16. The number of β-amino-alcohol motifs (C(OH)–C–C–N with tert-alkyl or cyclic N) is 1. The molecule has 0 bridgehead atoms. The number of aliphatic hydroxyl groups excluding tert-OH is 1. The molecular weight excluding hydrogens is 164 g/mol. The first-order valence-electron chi connectivity index (χ1n) is 5.33. The summed E-state index contributed by atoms with van der Waals surface area (Å²) in [5.74, 6) is 0.762. The Morgan fingerprint density at radius 2 is 2.38 bits per heavy atom. The molecule has 0 spiro atoms. The van der Waals surface area contributed by atoms with Gasteiger partial charge < -0.3 is 15.7 Å². The third-order valence-corrected chi connectivity index (χ3v) is 2.70. The van der Waals surface area contributed by atoms with Crippen molar-refractivity contribution in [1.29, 1.82) is 0 Å². The Hall–Kier alpha value is -0.120. The van der Waals surface area contributed by atoms with Gasteiger partial charge in [-0.1, -0.05) is 0 Å². The highest BCUT2D eigenvalue weighted by molar-refractivity contribution is 4.74. The lowest BCUT2D eigenvalue weighted by Crippen LogP contribution is -2.39. The summed E-state index contributed by atoms with van der Waals surface area (Å²) in [7, 11) is 0. The maximum Gasteiger partial charge on any atom is 0.0639 e. The van der Waals surface area contributed by atoms with Gasteiger partial charge in [-0.3, -0.25) is 0 Å². The van der Waals surface area contributed by atoms with Crippen molar-refractivity contribution < 1.29 is 5.11 Å². The first-order chi connectivity index (χ1) is 6.22. The van der Waals surface area contributed by atoms with Gasteiger partial charge in [0, 0.05) is 13.1 Å². The van der Waals surface area contributed by atoms with E-state index in [1.807, 2.05) is 6.92 Å². The standard InChI is InChI=1S/C10H22N2O/c1-9(13)7-12-6-2-3-10(8-12)4-5-11/h9-10,13H,2-8,11H2,1H3/t9-,10?/m1/s1. The Morgan fingerprint density at radius 3 is 3.00 bits per heavy atom. The van der Waals surface area contributed by atoms with Gasteiger partial charge >= 0.3 is 0 Å². The lowest BCUT2D eigenvalue weighted by Gasteiger charge is -2.33.